The molecule has 1 aliphatic carbocycles. The maximum absolute atomic E-state index is 10.7. The molecular formula is C14H20N2O3. The predicted octanol–water partition coefficient (Wildman–Crippen LogP) is 3.27. The van der Waals surface area contributed by atoms with E-state index in [2.05, 4.69) is 5.32 Å². The Labute approximate surface area is 113 Å². The van der Waals surface area contributed by atoms with Crippen molar-refractivity contribution in [3.8, 4) is 0 Å². The summed E-state index contributed by atoms with van der Waals surface area (Å²) >= 11 is 0. The van der Waals surface area contributed by atoms with Crippen molar-refractivity contribution in [1.29, 1.82) is 0 Å². The van der Waals surface area contributed by atoms with E-state index in [1.807, 2.05) is 6.92 Å². The standard InChI is InChI=1S/C14H20N2O3/c1-10-9-11(16(17)18)7-8-12(10)15-13-5-3-4-6-14(13)19-2/h7-9,13-15H,3-6H2,1-2H3. The zero-order chi connectivity index (χ0) is 13.8. The van der Waals surface area contributed by atoms with Crippen molar-refractivity contribution in [2.45, 2.75) is 44.8 Å². The van der Waals surface area contributed by atoms with Gasteiger partial charge in [-0.1, -0.05) is 12.8 Å². The quantitative estimate of drug-likeness (QED) is 0.669. The van der Waals surface area contributed by atoms with E-state index in [1.54, 1.807) is 25.3 Å². The van der Waals surface area contributed by atoms with Crippen molar-refractivity contribution in [3.63, 3.8) is 0 Å². The summed E-state index contributed by atoms with van der Waals surface area (Å²) in [6.45, 7) is 1.89. The van der Waals surface area contributed by atoms with Crippen molar-refractivity contribution in [1.82, 2.24) is 0 Å². The SMILES string of the molecule is COC1CCCCC1Nc1ccc([N+](=O)[O-])cc1C. The van der Waals surface area contributed by atoms with Gasteiger partial charge >= 0.3 is 0 Å². The predicted molar refractivity (Wildman–Crippen MR) is 74.5 cm³/mol. The Bertz CT molecular complexity index is 462. The highest BCUT2D eigenvalue weighted by Crippen LogP contribution is 2.27. The molecular weight excluding hydrogens is 244 g/mol. The summed E-state index contributed by atoms with van der Waals surface area (Å²) in [5.41, 5.74) is 1.99. The minimum atomic E-state index is -0.366. The molecule has 1 N–H and O–H groups in total. The summed E-state index contributed by atoms with van der Waals surface area (Å²) in [7, 11) is 1.74. The topological polar surface area (TPSA) is 64.4 Å². The number of hydrogen-bond donors (Lipinski definition) is 1. The number of methoxy groups -OCH3 is 1. The molecule has 0 heterocycles. The van der Waals surface area contributed by atoms with Crippen LogP contribution < -0.4 is 5.32 Å². The van der Waals surface area contributed by atoms with Gasteiger partial charge < -0.3 is 10.1 Å². The van der Waals surface area contributed by atoms with Gasteiger partial charge in [-0.15, -0.1) is 0 Å². The van der Waals surface area contributed by atoms with Gasteiger partial charge in [0.05, 0.1) is 17.1 Å². The van der Waals surface area contributed by atoms with Crippen LogP contribution in [0.5, 0.6) is 0 Å². The Morgan fingerprint density at radius 2 is 2.11 bits per heavy atom. The highest BCUT2D eigenvalue weighted by Gasteiger charge is 2.25. The number of non-ortho nitro benzene ring substituents is 1. The second-order valence-corrected chi connectivity index (χ2v) is 5.07. The number of nitro benzene ring substituents is 1. The second-order valence-electron chi connectivity index (χ2n) is 5.07. The van der Waals surface area contributed by atoms with Gasteiger partial charge in [0, 0.05) is 24.9 Å². The molecule has 2 unspecified atom stereocenters. The van der Waals surface area contributed by atoms with Crippen LogP contribution in [0.15, 0.2) is 18.2 Å². The molecule has 104 valence electrons. The van der Waals surface area contributed by atoms with Gasteiger partial charge in [0.25, 0.3) is 5.69 Å². The van der Waals surface area contributed by atoms with Gasteiger partial charge in [0.2, 0.25) is 0 Å². The molecule has 1 saturated carbocycles. The molecule has 0 spiro atoms. The maximum Gasteiger partial charge on any atom is 0.269 e. The van der Waals surface area contributed by atoms with Gasteiger partial charge in [-0.2, -0.15) is 0 Å². The van der Waals surface area contributed by atoms with E-state index in [0.29, 0.717) is 6.04 Å². The molecule has 0 aliphatic heterocycles. The van der Waals surface area contributed by atoms with Gasteiger partial charge in [-0.05, 0) is 31.4 Å². The summed E-state index contributed by atoms with van der Waals surface area (Å²) in [5.74, 6) is 0. The van der Waals surface area contributed by atoms with Crippen molar-refractivity contribution in [3.05, 3.63) is 33.9 Å². The molecule has 2 rings (SSSR count). The first-order valence-electron chi connectivity index (χ1n) is 6.66. The molecule has 0 saturated heterocycles. The molecule has 0 radical (unpaired) electrons. The highest BCUT2D eigenvalue weighted by atomic mass is 16.6. The number of aryl methyl sites for hydroxylation is 1. The Morgan fingerprint density at radius 1 is 1.37 bits per heavy atom. The third-order valence-electron chi connectivity index (χ3n) is 3.77. The number of nitro groups is 1. The lowest BCUT2D eigenvalue weighted by Crippen LogP contribution is -2.37. The molecule has 0 aromatic heterocycles. The first kappa shape index (κ1) is 13.8. The van der Waals surface area contributed by atoms with E-state index in [4.69, 9.17) is 4.74 Å². The van der Waals surface area contributed by atoms with Crippen LogP contribution in [0.25, 0.3) is 0 Å². The van der Waals surface area contributed by atoms with Gasteiger partial charge in [-0.25, -0.2) is 0 Å². The summed E-state index contributed by atoms with van der Waals surface area (Å²) in [6.07, 6.45) is 4.78. The molecule has 1 aromatic rings. The summed E-state index contributed by atoms with van der Waals surface area (Å²) < 4.78 is 5.51. The molecule has 19 heavy (non-hydrogen) atoms. The van der Waals surface area contributed by atoms with Crippen molar-refractivity contribution >= 4 is 11.4 Å². The summed E-state index contributed by atoms with van der Waals surface area (Å²) in [5, 5.41) is 14.2. The lowest BCUT2D eigenvalue weighted by Gasteiger charge is -2.32. The minimum absolute atomic E-state index is 0.134. The Balaban J connectivity index is 2.11. The van der Waals surface area contributed by atoms with Crippen LogP contribution in [0.3, 0.4) is 0 Å². The van der Waals surface area contributed by atoms with E-state index in [9.17, 15) is 10.1 Å². The normalized spacial score (nSPS) is 23.1. The van der Waals surface area contributed by atoms with Gasteiger partial charge in [0.15, 0.2) is 0 Å². The Hall–Kier alpha value is -1.62. The molecule has 5 heteroatoms. The van der Waals surface area contributed by atoms with Crippen LogP contribution in [-0.2, 0) is 4.74 Å². The number of nitrogens with one attached hydrogen (secondary N) is 1. The number of rotatable bonds is 4. The molecule has 2 atom stereocenters. The average molecular weight is 264 g/mol. The van der Waals surface area contributed by atoms with E-state index < -0.39 is 0 Å². The van der Waals surface area contributed by atoms with Crippen LogP contribution >= 0.6 is 0 Å². The first-order valence-corrected chi connectivity index (χ1v) is 6.66. The second kappa shape index (κ2) is 6.02. The van der Waals surface area contributed by atoms with E-state index in [0.717, 1.165) is 24.1 Å². The molecule has 1 fully saturated rings. The zero-order valence-corrected chi connectivity index (χ0v) is 11.4. The number of nitrogens with zero attached hydrogens (tertiary/aromatic N) is 1. The van der Waals surface area contributed by atoms with Gasteiger partial charge in [0.1, 0.15) is 0 Å². The van der Waals surface area contributed by atoms with E-state index in [1.165, 1.54) is 12.8 Å². The number of anilines is 1. The molecule has 0 amide bonds. The third kappa shape index (κ3) is 3.23. The number of hydrogen-bond acceptors (Lipinski definition) is 4. The van der Waals surface area contributed by atoms with Crippen molar-refractivity contribution in [2.75, 3.05) is 12.4 Å². The van der Waals surface area contributed by atoms with E-state index >= 15 is 0 Å². The Morgan fingerprint density at radius 3 is 2.74 bits per heavy atom. The van der Waals surface area contributed by atoms with Crippen LogP contribution in [-0.4, -0.2) is 24.2 Å². The highest BCUT2D eigenvalue weighted by molar-refractivity contribution is 5.56. The Kier molecular flexibility index (Phi) is 4.37. The molecule has 1 aromatic carbocycles. The fourth-order valence-corrected chi connectivity index (χ4v) is 2.67. The maximum atomic E-state index is 10.7. The molecule has 5 nitrogen and oxygen atoms in total. The summed E-state index contributed by atoms with van der Waals surface area (Å²) in [6, 6.07) is 5.22. The van der Waals surface area contributed by atoms with E-state index in [-0.39, 0.29) is 16.7 Å². The van der Waals surface area contributed by atoms with Gasteiger partial charge in [-0.3, -0.25) is 10.1 Å². The first-order chi connectivity index (χ1) is 9.11. The smallest absolute Gasteiger partial charge is 0.269 e. The van der Waals surface area contributed by atoms with Crippen LogP contribution in [0, 0.1) is 17.0 Å². The lowest BCUT2D eigenvalue weighted by atomic mass is 9.92. The monoisotopic (exact) mass is 264 g/mol. The van der Waals surface area contributed by atoms with Crippen LogP contribution in [0.1, 0.15) is 31.2 Å². The van der Waals surface area contributed by atoms with Crippen LogP contribution in [0.2, 0.25) is 0 Å². The number of benzene rings is 1. The summed E-state index contributed by atoms with van der Waals surface area (Å²) in [4.78, 5) is 10.4. The largest absolute Gasteiger partial charge is 0.379 e. The van der Waals surface area contributed by atoms with Crippen molar-refractivity contribution < 1.29 is 9.66 Å². The lowest BCUT2D eigenvalue weighted by molar-refractivity contribution is -0.384. The third-order valence-corrected chi connectivity index (χ3v) is 3.77. The van der Waals surface area contributed by atoms with Crippen LogP contribution in [0.4, 0.5) is 11.4 Å². The zero-order valence-electron chi connectivity index (χ0n) is 11.4. The minimum Gasteiger partial charge on any atom is -0.379 e. The molecule has 1 aliphatic rings. The average Bonchev–Trinajstić information content (AvgIpc) is 2.41. The number of ether oxygens (including phenoxy) is 1. The fourth-order valence-electron chi connectivity index (χ4n) is 2.67. The fraction of sp³-hybridized carbons (Fsp3) is 0.571. The van der Waals surface area contributed by atoms with Crippen molar-refractivity contribution in [2.24, 2.45) is 0 Å². The molecule has 0 bridgehead atoms.